The van der Waals surface area contributed by atoms with Crippen molar-refractivity contribution in [2.45, 2.75) is 0 Å². The van der Waals surface area contributed by atoms with Gasteiger partial charge in [0.05, 0.1) is 0 Å². The molecule has 0 nitrogen and oxygen atoms in total. The van der Waals surface area contributed by atoms with Crippen LogP contribution in [0.4, 0.5) is 0 Å². The van der Waals surface area contributed by atoms with Crippen molar-refractivity contribution in [3.8, 4) is 0 Å². The molecule has 2 rings (SSSR count). The van der Waals surface area contributed by atoms with Crippen molar-refractivity contribution >= 4 is 54.9 Å². The summed E-state index contributed by atoms with van der Waals surface area (Å²) < 4.78 is 3.04. The Kier molecular flexibility index (Phi) is 4.33. The molecule has 2 aromatic carbocycles. The summed E-state index contributed by atoms with van der Waals surface area (Å²) in [5, 5.41) is 0. The van der Waals surface area contributed by atoms with Gasteiger partial charge in [0, 0.05) is 0 Å². The Morgan fingerprint density at radius 3 is 1.27 bits per heavy atom. The number of halogens is 2. The summed E-state index contributed by atoms with van der Waals surface area (Å²) in [6, 6.07) is 21.7. The summed E-state index contributed by atoms with van der Waals surface area (Å²) in [5.74, 6) is 0. The molecular weight excluding hydrogens is 526 g/mol. The molecule has 0 N–H and O–H groups in total. The topological polar surface area (TPSA) is 0 Å². The van der Waals surface area contributed by atoms with Gasteiger partial charge in [0.15, 0.2) is 0 Å². The Labute approximate surface area is 114 Å². The van der Waals surface area contributed by atoms with E-state index < -0.39 is 10.3 Å². The van der Waals surface area contributed by atoms with E-state index in [0.717, 1.165) is 0 Å². The van der Waals surface area contributed by atoms with Gasteiger partial charge >= 0.3 is 116 Å². The molecule has 0 bridgehead atoms. The van der Waals surface area contributed by atoms with Crippen molar-refractivity contribution in [3.63, 3.8) is 0 Å². The summed E-state index contributed by atoms with van der Waals surface area (Å²) in [4.78, 5) is 0. The van der Waals surface area contributed by atoms with Gasteiger partial charge in [0.25, 0.3) is 0 Å². The first-order chi connectivity index (χ1) is 7.21. The monoisotopic (exact) mass is 538 g/mol. The molecule has 0 heterocycles. The van der Waals surface area contributed by atoms with Crippen LogP contribution in [0.15, 0.2) is 60.7 Å². The van der Waals surface area contributed by atoms with Crippen LogP contribution in [0.2, 0.25) is 0 Å². The van der Waals surface area contributed by atoms with Crippen molar-refractivity contribution in [1.82, 2.24) is 0 Å². The van der Waals surface area contributed by atoms with Crippen LogP contribution in [0, 0.1) is 0 Å². The predicted molar refractivity (Wildman–Crippen MR) is 85.9 cm³/mol. The summed E-state index contributed by atoms with van der Waals surface area (Å²) in [6.45, 7) is 0. The molecular formula is C12H10I2Te. The van der Waals surface area contributed by atoms with Gasteiger partial charge < -0.3 is 0 Å². The molecule has 3 heteroatoms. The van der Waals surface area contributed by atoms with E-state index in [1.807, 2.05) is 0 Å². The van der Waals surface area contributed by atoms with Gasteiger partial charge in [-0.25, -0.2) is 0 Å². The zero-order valence-corrected chi connectivity index (χ0v) is 14.6. The molecule has 2 aromatic rings. The summed E-state index contributed by atoms with van der Waals surface area (Å²) in [6.07, 6.45) is 0. The minimum atomic E-state index is -2.08. The fraction of sp³-hybridized carbons (Fsp3) is 0. The summed E-state index contributed by atoms with van der Waals surface area (Å²) in [5.41, 5.74) is 0. The van der Waals surface area contributed by atoms with Gasteiger partial charge in [-0.3, -0.25) is 0 Å². The zero-order valence-electron chi connectivity index (χ0n) is 7.94. The van der Waals surface area contributed by atoms with Gasteiger partial charge in [-0.2, -0.15) is 0 Å². The third kappa shape index (κ3) is 2.87. The Morgan fingerprint density at radius 2 is 0.933 bits per heavy atom. The van der Waals surface area contributed by atoms with Crippen LogP contribution in [0.25, 0.3) is 0 Å². The maximum absolute atomic E-state index is 2.68. The van der Waals surface area contributed by atoms with Crippen LogP contribution in [0.5, 0.6) is 0 Å². The third-order valence-corrected chi connectivity index (χ3v) is 20.7. The fourth-order valence-corrected chi connectivity index (χ4v) is 12.8. The van der Waals surface area contributed by atoms with E-state index in [1.54, 1.807) is 0 Å². The molecule has 78 valence electrons. The molecule has 0 saturated heterocycles. The van der Waals surface area contributed by atoms with Crippen LogP contribution in [0.3, 0.4) is 0 Å². The number of rotatable bonds is 2. The maximum atomic E-state index is 2.68. The zero-order chi connectivity index (χ0) is 10.7. The first-order valence-electron chi connectivity index (χ1n) is 4.54. The Balaban J connectivity index is 2.44. The Morgan fingerprint density at radius 1 is 0.600 bits per heavy atom. The van der Waals surface area contributed by atoms with Crippen LogP contribution in [-0.4, -0.2) is 10.3 Å². The summed E-state index contributed by atoms with van der Waals surface area (Å²) >= 11 is 5.37. The van der Waals surface area contributed by atoms with Crippen LogP contribution >= 0.6 is 37.4 Å². The quantitative estimate of drug-likeness (QED) is 0.410. The molecule has 0 aromatic heterocycles. The van der Waals surface area contributed by atoms with Crippen molar-refractivity contribution < 1.29 is 0 Å². The number of hydrogen-bond acceptors (Lipinski definition) is 0. The standard InChI is InChI=1S/C12H10I2Te/c13-15(14,11-7-3-1-4-8-11)12-9-5-2-6-10-12/h1-10H. The predicted octanol–water partition coefficient (Wildman–Crippen LogP) is 3.11. The second-order valence-corrected chi connectivity index (χ2v) is 37.5. The molecule has 0 atom stereocenters. The van der Waals surface area contributed by atoms with E-state index in [1.165, 1.54) is 7.22 Å². The van der Waals surface area contributed by atoms with E-state index >= 15 is 0 Å². The number of benzene rings is 2. The van der Waals surface area contributed by atoms with Gasteiger partial charge in [-0.15, -0.1) is 0 Å². The fourth-order valence-electron chi connectivity index (χ4n) is 1.32. The van der Waals surface area contributed by atoms with Crippen LogP contribution in [0.1, 0.15) is 0 Å². The average Bonchev–Trinajstić information content (AvgIpc) is 2.31. The molecule has 0 aliphatic carbocycles. The average molecular weight is 536 g/mol. The second-order valence-electron chi connectivity index (χ2n) is 3.10. The van der Waals surface area contributed by atoms with Crippen LogP contribution < -0.4 is 7.22 Å². The summed E-state index contributed by atoms with van der Waals surface area (Å²) in [7, 11) is -2.08. The van der Waals surface area contributed by atoms with Crippen molar-refractivity contribution in [3.05, 3.63) is 60.7 Å². The molecule has 0 fully saturated rings. The molecule has 0 aliphatic rings. The van der Waals surface area contributed by atoms with E-state index in [-0.39, 0.29) is 0 Å². The van der Waals surface area contributed by atoms with Crippen molar-refractivity contribution in [2.24, 2.45) is 0 Å². The molecule has 0 spiro atoms. The van der Waals surface area contributed by atoms with Crippen LogP contribution in [-0.2, 0) is 0 Å². The Hall–Kier alpha value is 0.690. The molecule has 0 aliphatic heterocycles. The van der Waals surface area contributed by atoms with E-state index in [4.69, 9.17) is 0 Å². The number of hydrogen-bond donors (Lipinski definition) is 0. The molecule has 0 radical (unpaired) electrons. The van der Waals surface area contributed by atoms with Crippen molar-refractivity contribution in [2.75, 3.05) is 0 Å². The van der Waals surface area contributed by atoms with E-state index in [0.29, 0.717) is 0 Å². The third-order valence-electron chi connectivity index (χ3n) is 2.08. The normalized spacial score (nSPS) is 12.4. The van der Waals surface area contributed by atoms with E-state index in [9.17, 15) is 0 Å². The first kappa shape index (κ1) is 12.2. The van der Waals surface area contributed by atoms with E-state index in [2.05, 4.69) is 98.1 Å². The van der Waals surface area contributed by atoms with Gasteiger partial charge in [0.2, 0.25) is 0 Å². The molecule has 0 unspecified atom stereocenters. The van der Waals surface area contributed by atoms with Crippen molar-refractivity contribution in [1.29, 1.82) is 0 Å². The second kappa shape index (κ2) is 5.35. The SMILES string of the molecule is I[Te](I)(c1ccccc1)c1ccccc1. The molecule has 15 heavy (non-hydrogen) atoms. The minimum absolute atomic E-state index is 1.52. The first-order valence-corrected chi connectivity index (χ1v) is 20.4. The molecule has 0 amide bonds. The Bertz CT molecular complexity index is 384. The van der Waals surface area contributed by atoms with Gasteiger partial charge in [-0.05, 0) is 0 Å². The molecule has 0 saturated carbocycles. The van der Waals surface area contributed by atoms with Gasteiger partial charge in [0.1, 0.15) is 0 Å². The van der Waals surface area contributed by atoms with Gasteiger partial charge in [-0.1, -0.05) is 0 Å².